The van der Waals surface area contributed by atoms with Crippen LogP contribution in [0.5, 0.6) is 0 Å². The van der Waals surface area contributed by atoms with Crippen molar-refractivity contribution in [2.75, 3.05) is 25.0 Å². The summed E-state index contributed by atoms with van der Waals surface area (Å²) < 4.78 is 1.97. The van der Waals surface area contributed by atoms with Gasteiger partial charge in [-0.15, -0.1) is 35.3 Å². The van der Waals surface area contributed by atoms with Gasteiger partial charge in [-0.2, -0.15) is 0 Å². The van der Waals surface area contributed by atoms with Crippen molar-refractivity contribution in [1.29, 1.82) is 0 Å². The van der Waals surface area contributed by atoms with E-state index in [1.54, 1.807) is 6.20 Å². The van der Waals surface area contributed by atoms with Gasteiger partial charge in [0, 0.05) is 51.3 Å². The second-order valence-electron chi connectivity index (χ2n) is 7.15. The first kappa shape index (κ1) is 22.5. The van der Waals surface area contributed by atoms with Crippen LogP contribution in [0.1, 0.15) is 24.2 Å². The number of hydrogen-bond donors (Lipinski definition) is 2. The van der Waals surface area contributed by atoms with Gasteiger partial charge in [0.05, 0.1) is 5.00 Å². The van der Waals surface area contributed by atoms with Crippen molar-refractivity contribution >= 4 is 46.3 Å². The van der Waals surface area contributed by atoms with E-state index in [-0.39, 0.29) is 24.0 Å². The summed E-state index contributed by atoms with van der Waals surface area (Å²) in [6, 6.07) is 8.87. The molecule has 160 valence electrons. The van der Waals surface area contributed by atoms with E-state index in [9.17, 15) is 0 Å². The topological polar surface area (TPSA) is 70.4 Å². The third-order valence-electron chi connectivity index (χ3n) is 5.22. The molecular weight excluding hydrogens is 509 g/mol. The number of halogens is 1. The molecule has 0 saturated carbocycles. The summed E-state index contributed by atoms with van der Waals surface area (Å²) in [7, 11) is 1.82. The van der Waals surface area contributed by atoms with Crippen LogP contribution in [0.4, 0.5) is 5.00 Å². The maximum Gasteiger partial charge on any atom is 0.191 e. The normalized spacial score (nSPS) is 15.0. The molecule has 4 rings (SSSR count). The van der Waals surface area contributed by atoms with Crippen LogP contribution in [-0.2, 0) is 6.54 Å². The van der Waals surface area contributed by atoms with E-state index in [2.05, 4.69) is 54.1 Å². The Labute approximate surface area is 198 Å². The molecule has 1 saturated heterocycles. The van der Waals surface area contributed by atoms with E-state index in [1.165, 1.54) is 5.00 Å². The molecular formula is C21H28IN7S. The number of imidazole rings is 1. The average molecular weight is 537 g/mol. The van der Waals surface area contributed by atoms with Crippen molar-refractivity contribution in [3.8, 4) is 5.82 Å². The van der Waals surface area contributed by atoms with E-state index in [0.29, 0.717) is 12.6 Å². The molecule has 0 atom stereocenters. The molecule has 3 aromatic rings. The minimum absolute atomic E-state index is 0. The van der Waals surface area contributed by atoms with Gasteiger partial charge in [-0.1, -0.05) is 6.07 Å². The highest BCUT2D eigenvalue weighted by molar-refractivity contribution is 14.0. The van der Waals surface area contributed by atoms with Crippen molar-refractivity contribution < 1.29 is 0 Å². The van der Waals surface area contributed by atoms with Gasteiger partial charge in [-0.25, -0.2) is 9.97 Å². The molecule has 9 heteroatoms. The largest absolute Gasteiger partial charge is 0.363 e. The molecule has 0 aromatic carbocycles. The monoisotopic (exact) mass is 537 g/mol. The molecule has 2 N–H and O–H groups in total. The standard InChI is InChI=1S/C21H27N7S.HI/c1-16-23-9-12-28(16)19-6-5-17(14-24-19)15-25-21(22-2)26-18-7-10-27(11-8-18)20-4-3-13-29-20;/h3-6,9,12-14,18H,7-8,10-11,15H2,1-2H3,(H2,22,25,26);1H. The molecule has 0 unspecified atom stereocenters. The zero-order valence-corrected chi connectivity index (χ0v) is 20.4. The molecule has 3 aromatic heterocycles. The predicted molar refractivity (Wildman–Crippen MR) is 134 cm³/mol. The Hall–Kier alpha value is -2.14. The number of pyridine rings is 1. The quantitative estimate of drug-likeness (QED) is 0.296. The van der Waals surface area contributed by atoms with Crippen LogP contribution in [0.25, 0.3) is 5.82 Å². The SMILES string of the molecule is CN=C(NCc1ccc(-n2ccnc2C)nc1)NC1CCN(c2cccs2)CC1.I. The summed E-state index contributed by atoms with van der Waals surface area (Å²) in [5.41, 5.74) is 1.11. The Balaban J connectivity index is 0.00000256. The van der Waals surface area contributed by atoms with Gasteiger partial charge in [0.25, 0.3) is 0 Å². The average Bonchev–Trinajstić information content (AvgIpc) is 3.44. The summed E-state index contributed by atoms with van der Waals surface area (Å²) >= 11 is 1.81. The van der Waals surface area contributed by atoms with E-state index < -0.39 is 0 Å². The number of hydrogen-bond acceptors (Lipinski definition) is 5. The van der Waals surface area contributed by atoms with Crippen molar-refractivity contribution in [2.24, 2.45) is 4.99 Å². The first-order valence-corrected chi connectivity index (χ1v) is 10.8. The lowest BCUT2D eigenvalue weighted by Crippen LogP contribution is -2.48. The molecule has 0 aliphatic carbocycles. The molecule has 30 heavy (non-hydrogen) atoms. The second kappa shape index (κ2) is 10.8. The molecule has 4 heterocycles. The Morgan fingerprint density at radius 3 is 2.67 bits per heavy atom. The van der Waals surface area contributed by atoms with Crippen molar-refractivity contribution in [3.63, 3.8) is 0 Å². The molecule has 0 radical (unpaired) electrons. The Bertz CT molecular complexity index is 929. The van der Waals surface area contributed by atoms with Crippen LogP contribution < -0.4 is 15.5 Å². The molecule has 1 aliphatic heterocycles. The Morgan fingerprint density at radius 2 is 2.07 bits per heavy atom. The van der Waals surface area contributed by atoms with Gasteiger partial charge in [-0.3, -0.25) is 9.56 Å². The predicted octanol–water partition coefficient (Wildman–Crippen LogP) is 3.59. The Morgan fingerprint density at radius 1 is 1.23 bits per heavy atom. The number of guanidine groups is 1. The number of piperidine rings is 1. The van der Waals surface area contributed by atoms with Gasteiger partial charge >= 0.3 is 0 Å². The third-order valence-corrected chi connectivity index (χ3v) is 6.15. The van der Waals surface area contributed by atoms with E-state index in [4.69, 9.17) is 0 Å². The van der Waals surface area contributed by atoms with E-state index in [0.717, 1.165) is 49.1 Å². The van der Waals surface area contributed by atoms with E-state index in [1.807, 2.05) is 48.3 Å². The number of aliphatic imine (C=N–C) groups is 1. The summed E-state index contributed by atoms with van der Waals surface area (Å²) in [6.45, 7) is 4.81. The van der Waals surface area contributed by atoms with Crippen LogP contribution in [0, 0.1) is 6.92 Å². The first-order chi connectivity index (χ1) is 14.2. The second-order valence-corrected chi connectivity index (χ2v) is 8.08. The van der Waals surface area contributed by atoms with Crippen LogP contribution in [0.3, 0.4) is 0 Å². The van der Waals surface area contributed by atoms with Gasteiger partial charge in [-0.05, 0) is 48.9 Å². The number of rotatable bonds is 5. The fourth-order valence-electron chi connectivity index (χ4n) is 3.55. The number of anilines is 1. The van der Waals surface area contributed by atoms with Gasteiger partial charge in [0.2, 0.25) is 0 Å². The molecule has 1 aliphatic rings. The minimum atomic E-state index is 0. The highest BCUT2D eigenvalue weighted by atomic mass is 127. The number of nitrogens with zero attached hydrogens (tertiary/aromatic N) is 5. The fraction of sp³-hybridized carbons (Fsp3) is 0.381. The maximum atomic E-state index is 4.55. The summed E-state index contributed by atoms with van der Waals surface area (Å²) in [4.78, 5) is 15.6. The number of aryl methyl sites for hydroxylation is 1. The molecule has 1 fully saturated rings. The zero-order valence-electron chi connectivity index (χ0n) is 17.3. The smallest absolute Gasteiger partial charge is 0.191 e. The number of nitrogens with one attached hydrogen (secondary N) is 2. The zero-order chi connectivity index (χ0) is 20.1. The van der Waals surface area contributed by atoms with Crippen molar-refractivity contribution in [3.05, 3.63) is 59.6 Å². The summed E-state index contributed by atoms with van der Waals surface area (Å²) in [6.07, 6.45) is 7.82. The van der Waals surface area contributed by atoms with Crippen molar-refractivity contribution in [1.82, 2.24) is 25.2 Å². The molecule has 0 bridgehead atoms. The van der Waals surface area contributed by atoms with Crippen LogP contribution in [0.2, 0.25) is 0 Å². The third kappa shape index (κ3) is 5.51. The van der Waals surface area contributed by atoms with Crippen LogP contribution >= 0.6 is 35.3 Å². The highest BCUT2D eigenvalue weighted by Crippen LogP contribution is 2.24. The summed E-state index contributed by atoms with van der Waals surface area (Å²) in [5.74, 6) is 2.65. The molecule has 7 nitrogen and oxygen atoms in total. The Kier molecular flexibility index (Phi) is 8.08. The lowest BCUT2D eigenvalue weighted by Gasteiger charge is -2.33. The van der Waals surface area contributed by atoms with Crippen LogP contribution in [0.15, 0.2) is 53.2 Å². The van der Waals surface area contributed by atoms with E-state index >= 15 is 0 Å². The maximum absolute atomic E-state index is 4.55. The van der Waals surface area contributed by atoms with Gasteiger partial charge in [0.15, 0.2) is 5.96 Å². The molecule has 0 amide bonds. The lowest BCUT2D eigenvalue weighted by atomic mass is 10.1. The van der Waals surface area contributed by atoms with Gasteiger partial charge < -0.3 is 15.5 Å². The van der Waals surface area contributed by atoms with Gasteiger partial charge in [0.1, 0.15) is 11.6 Å². The number of thiophene rings is 1. The molecule has 0 spiro atoms. The summed E-state index contributed by atoms with van der Waals surface area (Å²) in [5, 5.41) is 10.5. The van der Waals surface area contributed by atoms with Crippen molar-refractivity contribution in [2.45, 2.75) is 32.4 Å². The fourth-order valence-corrected chi connectivity index (χ4v) is 4.34. The van der Waals surface area contributed by atoms with Crippen LogP contribution in [-0.4, -0.2) is 46.7 Å². The first-order valence-electron chi connectivity index (χ1n) is 9.94. The number of aromatic nitrogens is 3. The highest BCUT2D eigenvalue weighted by Gasteiger charge is 2.20. The minimum Gasteiger partial charge on any atom is -0.363 e. The lowest BCUT2D eigenvalue weighted by molar-refractivity contribution is 0.463.